The number of carbonyl (C=O) groups is 1. The highest BCUT2D eigenvalue weighted by molar-refractivity contribution is 6.31. The maximum Gasteiger partial charge on any atom is 0.313 e. The number of ether oxygens (including phenoxy) is 1. The number of halogens is 1. The number of carbonyl (C=O) groups excluding carboxylic acids is 1. The number of rotatable bonds is 2. The number of esters is 1. The van der Waals surface area contributed by atoms with Crippen LogP contribution in [-0.2, 0) is 22.4 Å². The molecule has 3 heteroatoms. The predicted octanol–water partition coefficient (Wildman–Crippen LogP) is 5.17. The first kappa shape index (κ1) is 15.5. The van der Waals surface area contributed by atoms with Crippen molar-refractivity contribution in [3.05, 3.63) is 63.7 Å². The highest BCUT2D eigenvalue weighted by Gasteiger charge is 2.31. The molecule has 2 aliphatic carbocycles. The fourth-order valence-corrected chi connectivity index (χ4v) is 4.25. The van der Waals surface area contributed by atoms with Crippen LogP contribution < -0.4 is 0 Å². The molecule has 1 atom stereocenters. The van der Waals surface area contributed by atoms with Crippen molar-refractivity contribution >= 4 is 23.6 Å². The van der Waals surface area contributed by atoms with Gasteiger partial charge in [-0.25, -0.2) is 0 Å². The molecule has 1 unspecified atom stereocenters. The average molecular weight is 339 g/mol. The van der Waals surface area contributed by atoms with E-state index in [0.29, 0.717) is 13.0 Å². The summed E-state index contributed by atoms with van der Waals surface area (Å²) in [5.41, 5.74) is 7.20. The molecular weight excluding hydrogens is 320 g/mol. The summed E-state index contributed by atoms with van der Waals surface area (Å²) in [6.07, 6.45) is 6.74. The molecule has 122 valence electrons. The Morgan fingerprint density at radius 1 is 1.17 bits per heavy atom. The van der Waals surface area contributed by atoms with Gasteiger partial charge >= 0.3 is 5.97 Å². The molecule has 2 aromatic rings. The number of hydrogen-bond donors (Lipinski definition) is 0. The number of allylic oxidation sites excluding steroid dienone is 1. The van der Waals surface area contributed by atoms with E-state index < -0.39 is 0 Å². The van der Waals surface area contributed by atoms with Gasteiger partial charge in [-0.2, -0.15) is 0 Å². The Labute approximate surface area is 147 Å². The van der Waals surface area contributed by atoms with Crippen LogP contribution in [0, 0.1) is 0 Å². The molecule has 0 saturated heterocycles. The number of benzene rings is 2. The van der Waals surface area contributed by atoms with Crippen LogP contribution in [0.5, 0.6) is 0 Å². The summed E-state index contributed by atoms with van der Waals surface area (Å²) < 4.78 is 5.32. The van der Waals surface area contributed by atoms with Crippen LogP contribution in [0.2, 0.25) is 5.02 Å². The van der Waals surface area contributed by atoms with Crippen LogP contribution in [0.15, 0.2) is 36.4 Å². The van der Waals surface area contributed by atoms with E-state index in [-0.39, 0.29) is 11.9 Å². The summed E-state index contributed by atoms with van der Waals surface area (Å²) in [6, 6.07) is 10.4. The van der Waals surface area contributed by atoms with E-state index in [2.05, 4.69) is 30.4 Å². The van der Waals surface area contributed by atoms with Crippen LogP contribution >= 0.6 is 11.6 Å². The number of hydrogen-bond acceptors (Lipinski definition) is 2. The van der Waals surface area contributed by atoms with E-state index in [1.54, 1.807) is 0 Å². The van der Waals surface area contributed by atoms with Crippen LogP contribution in [0.4, 0.5) is 0 Å². The van der Waals surface area contributed by atoms with Crippen molar-refractivity contribution in [3.8, 4) is 11.1 Å². The molecule has 0 radical (unpaired) electrons. The van der Waals surface area contributed by atoms with Crippen LogP contribution in [0.1, 0.15) is 41.5 Å². The maximum atomic E-state index is 12.5. The molecule has 2 aromatic carbocycles. The van der Waals surface area contributed by atoms with Gasteiger partial charge in [0.05, 0.1) is 12.5 Å². The van der Waals surface area contributed by atoms with E-state index in [1.807, 2.05) is 19.1 Å². The topological polar surface area (TPSA) is 26.3 Å². The van der Waals surface area contributed by atoms with Gasteiger partial charge in [-0.15, -0.1) is 0 Å². The predicted molar refractivity (Wildman–Crippen MR) is 97.3 cm³/mol. The lowest BCUT2D eigenvalue weighted by atomic mass is 9.76. The Balaban J connectivity index is 1.90. The van der Waals surface area contributed by atoms with E-state index in [4.69, 9.17) is 16.3 Å². The second kappa shape index (κ2) is 6.10. The van der Waals surface area contributed by atoms with E-state index in [9.17, 15) is 4.79 Å². The van der Waals surface area contributed by atoms with Gasteiger partial charge in [0.25, 0.3) is 0 Å². The van der Waals surface area contributed by atoms with Crippen molar-refractivity contribution in [3.63, 3.8) is 0 Å². The van der Waals surface area contributed by atoms with Gasteiger partial charge in [0.2, 0.25) is 0 Å². The van der Waals surface area contributed by atoms with Gasteiger partial charge in [-0.05, 0) is 65.6 Å². The standard InChI is InChI=1S/C21H19ClO2/c1-2-24-21(23)18-7-3-5-13-9-10-15-14-6-4-8-19(22)16(14)11-12-17(15)20(13)18/h3-6,8-10,18H,2,7,11-12H2,1H3. The Morgan fingerprint density at radius 3 is 2.79 bits per heavy atom. The first-order valence-corrected chi connectivity index (χ1v) is 8.85. The largest absolute Gasteiger partial charge is 0.466 e. The lowest BCUT2D eigenvalue weighted by Crippen LogP contribution is -2.21. The SMILES string of the molecule is CCOC(=O)C1CC=Cc2ccc3c(c21)CCc1c(Cl)cccc1-3. The van der Waals surface area contributed by atoms with Gasteiger partial charge in [-0.1, -0.05) is 48.0 Å². The smallest absolute Gasteiger partial charge is 0.313 e. The molecule has 0 heterocycles. The van der Waals surface area contributed by atoms with Crippen molar-refractivity contribution in [1.29, 1.82) is 0 Å². The lowest BCUT2D eigenvalue weighted by molar-refractivity contribution is -0.144. The van der Waals surface area contributed by atoms with Crippen molar-refractivity contribution in [2.45, 2.75) is 32.1 Å². The normalized spacial score (nSPS) is 17.7. The molecule has 0 N–H and O–H groups in total. The van der Waals surface area contributed by atoms with Gasteiger partial charge in [0.15, 0.2) is 0 Å². The summed E-state index contributed by atoms with van der Waals surface area (Å²) in [5, 5.41) is 0.831. The molecule has 2 nitrogen and oxygen atoms in total. The van der Waals surface area contributed by atoms with Crippen LogP contribution in [0.25, 0.3) is 17.2 Å². The van der Waals surface area contributed by atoms with Gasteiger partial charge in [0, 0.05) is 5.02 Å². The summed E-state index contributed by atoms with van der Waals surface area (Å²) in [7, 11) is 0. The van der Waals surface area contributed by atoms with Crippen molar-refractivity contribution in [1.82, 2.24) is 0 Å². The average Bonchev–Trinajstić information content (AvgIpc) is 2.61. The molecule has 4 rings (SSSR count). The van der Waals surface area contributed by atoms with E-state index in [1.165, 1.54) is 22.3 Å². The second-order valence-electron chi connectivity index (χ2n) is 6.30. The van der Waals surface area contributed by atoms with Gasteiger partial charge < -0.3 is 4.74 Å². The molecule has 0 saturated carbocycles. The van der Waals surface area contributed by atoms with Gasteiger partial charge in [-0.3, -0.25) is 4.79 Å². The van der Waals surface area contributed by atoms with Gasteiger partial charge in [0.1, 0.15) is 0 Å². The third-order valence-electron chi connectivity index (χ3n) is 5.01. The first-order valence-electron chi connectivity index (χ1n) is 8.47. The molecular formula is C21H19ClO2. The minimum absolute atomic E-state index is 0.117. The molecule has 0 aliphatic heterocycles. The Hall–Kier alpha value is -2.06. The third-order valence-corrected chi connectivity index (χ3v) is 5.37. The maximum absolute atomic E-state index is 12.5. The van der Waals surface area contributed by atoms with Crippen molar-refractivity contribution < 1.29 is 9.53 Å². The Kier molecular flexibility index (Phi) is 3.93. The highest BCUT2D eigenvalue weighted by Crippen LogP contribution is 2.43. The quantitative estimate of drug-likeness (QED) is 0.706. The van der Waals surface area contributed by atoms with Crippen LogP contribution in [-0.4, -0.2) is 12.6 Å². The highest BCUT2D eigenvalue weighted by atomic mass is 35.5. The number of fused-ring (bicyclic) bond motifs is 5. The first-order chi connectivity index (χ1) is 11.7. The Bertz CT molecular complexity index is 851. The zero-order valence-corrected chi connectivity index (χ0v) is 14.4. The van der Waals surface area contributed by atoms with E-state index >= 15 is 0 Å². The minimum atomic E-state index is -0.194. The summed E-state index contributed by atoms with van der Waals surface area (Å²) in [4.78, 5) is 12.5. The monoisotopic (exact) mass is 338 g/mol. The zero-order valence-electron chi connectivity index (χ0n) is 13.6. The molecule has 0 bridgehead atoms. The molecule has 0 fully saturated rings. The van der Waals surface area contributed by atoms with Crippen molar-refractivity contribution in [2.75, 3.05) is 6.61 Å². The molecule has 24 heavy (non-hydrogen) atoms. The Morgan fingerprint density at radius 2 is 1.96 bits per heavy atom. The fourth-order valence-electron chi connectivity index (χ4n) is 3.98. The minimum Gasteiger partial charge on any atom is -0.466 e. The molecule has 2 aliphatic rings. The van der Waals surface area contributed by atoms with Crippen molar-refractivity contribution in [2.24, 2.45) is 0 Å². The fraction of sp³-hybridized carbons (Fsp3) is 0.286. The summed E-state index contributed by atoms with van der Waals surface area (Å²) in [6.45, 7) is 2.28. The third kappa shape index (κ3) is 2.37. The molecule has 0 spiro atoms. The molecule has 0 amide bonds. The second-order valence-corrected chi connectivity index (χ2v) is 6.71. The lowest BCUT2D eigenvalue weighted by Gasteiger charge is -2.29. The summed E-state index contributed by atoms with van der Waals surface area (Å²) >= 11 is 6.39. The van der Waals surface area contributed by atoms with Crippen LogP contribution in [0.3, 0.4) is 0 Å². The zero-order chi connectivity index (χ0) is 16.7. The summed E-state index contributed by atoms with van der Waals surface area (Å²) in [5.74, 6) is -0.311. The van der Waals surface area contributed by atoms with E-state index in [0.717, 1.165) is 29.0 Å². The molecule has 0 aromatic heterocycles.